The number of hydrogen-bond acceptors (Lipinski definition) is 2. The lowest BCUT2D eigenvalue weighted by atomic mass is 10.1. The molecule has 2 nitrogen and oxygen atoms in total. The van der Waals surface area contributed by atoms with Crippen molar-refractivity contribution in [1.29, 1.82) is 0 Å². The molecule has 0 aliphatic carbocycles. The van der Waals surface area contributed by atoms with E-state index in [9.17, 15) is 10.2 Å². The number of phenols is 2. The van der Waals surface area contributed by atoms with Crippen LogP contribution in [0.4, 0.5) is 0 Å². The van der Waals surface area contributed by atoms with Crippen molar-refractivity contribution in [3.05, 3.63) is 58.6 Å². The summed E-state index contributed by atoms with van der Waals surface area (Å²) in [5, 5.41) is 19.3. The Hall–Kier alpha value is -1.93. The highest BCUT2D eigenvalue weighted by Crippen LogP contribution is 2.22. The molecule has 0 radical (unpaired) electrons. The SMILES string of the molecule is Oc1cc(O)cc(C=Cc2ccc(Cl)cc2)c1. The first-order chi connectivity index (χ1) is 8.13. The van der Waals surface area contributed by atoms with Crippen LogP contribution in [0.3, 0.4) is 0 Å². The molecule has 0 unspecified atom stereocenters. The molecule has 0 aliphatic rings. The second kappa shape index (κ2) is 4.93. The fourth-order valence-electron chi connectivity index (χ4n) is 1.48. The molecule has 0 bridgehead atoms. The summed E-state index contributed by atoms with van der Waals surface area (Å²) >= 11 is 5.78. The van der Waals surface area contributed by atoms with E-state index in [1.54, 1.807) is 24.3 Å². The Labute approximate surface area is 104 Å². The van der Waals surface area contributed by atoms with Gasteiger partial charge in [-0.15, -0.1) is 0 Å². The zero-order valence-corrected chi connectivity index (χ0v) is 9.72. The van der Waals surface area contributed by atoms with Crippen molar-refractivity contribution in [1.82, 2.24) is 0 Å². The van der Waals surface area contributed by atoms with Gasteiger partial charge in [0.1, 0.15) is 11.5 Å². The number of phenolic OH excluding ortho intramolecular Hbond substituents is 2. The van der Waals surface area contributed by atoms with Crippen LogP contribution in [0.25, 0.3) is 12.2 Å². The van der Waals surface area contributed by atoms with Gasteiger partial charge < -0.3 is 10.2 Å². The molecular weight excluding hydrogens is 236 g/mol. The fraction of sp³-hybridized carbons (Fsp3) is 0. The van der Waals surface area contributed by atoms with E-state index in [1.807, 2.05) is 24.3 Å². The molecule has 0 aromatic heterocycles. The second-order valence-electron chi connectivity index (χ2n) is 3.67. The van der Waals surface area contributed by atoms with Crippen molar-refractivity contribution in [2.75, 3.05) is 0 Å². The maximum absolute atomic E-state index is 9.32. The summed E-state index contributed by atoms with van der Waals surface area (Å²) in [7, 11) is 0. The largest absolute Gasteiger partial charge is 0.508 e. The van der Waals surface area contributed by atoms with Crippen LogP contribution in [0.1, 0.15) is 11.1 Å². The van der Waals surface area contributed by atoms with Crippen molar-refractivity contribution >= 4 is 23.8 Å². The molecule has 0 saturated heterocycles. The summed E-state index contributed by atoms with van der Waals surface area (Å²) in [6.07, 6.45) is 3.69. The second-order valence-corrected chi connectivity index (χ2v) is 4.10. The minimum atomic E-state index is 0.0424. The Bertz CT molecular complexity index is 524. The average molecular weight is 247 g/mol. The lowest BCUT2D eigenvalue weighted by Crippen LogP contribution is -1.74. The number of aromatic hydroxyl groups is 2. The monoisotopic (exact) mass is 246 g/mol. The van der Waals surface area contributed by atoms with Crippen molar-refractivity contribution in [3.8, 4) is 11.5 Å². The molecule has 0 aliphatic heterocycles. The number of benzene rings is 2. The van der Waals surface area contributed by atoms with Crippen molar-refractivity contribution < 1.29 is 10.2 Å². The van der Waals surface area contributed by atoms with Gasteiger partial charge in [-0.3, -0.25) is 0 Å². The minimum Gasteiger partial charge on any atom is -0.508 e. The summed E-state index contributed by atoms with van der Waals surface area (Å²) in [6, 6.07) is 11.8. The molecule has 0 fully saturated rings. The molecule has 3 heteroatoms. The predicted octanol–water partition coefficient (Wildman–Crippen LogP) is 3.92. The summed E-state index contributed by atoms with van der Waals surface area (Å²) in [5.41, 5.74) is 1.73. The Kier molecular flexibility index (Phi) is 3.35. The Balaban J connectivity index is 2.22. The highest BCUT2D eigenvalue weighted by atomic mass is 35.5. The first kappa shape index (κ1) is 11.6. The third-order valence-electron chi connectivity index (χ3n) is 2.26. The highest BCUT2D eigenvalue weighted by molar-refractivity contribution is 6.30. The molecule has 2 N–H and O–H groups in total. The van der Waals surface area contributed by atoms with Crippen molar-refractivity contribution in [2.24, 2.45) is 0 Å². The Morgan fingerprint density at radius 2 is 1.29 bits per heavy atom. The van der Waals surface area contributed by atoms with Gasteiger partial charge in [-0.1, -0.05) is 35.9 Å². The Morgan fingerprint density at radius 3 is 1.88 bits per heavy atom. The van der Waals surface area contributed by atoms with Crippen LogP contribution in [0.2, 0.25) is 5.02 Å². The summed E-state index contributed by atoms with van der Waals surface area (Å²) in [6.45, 7) is 0. The average Bonchev–Trinajstić information content (AvgIpc) is 2.27. The van der Waals surface area contributed by atoms with Crippen LogP contribution in [0, 0.1) is 0 Å². The number of hydrogen-bond donors (Lipinski definition) is 2. The van der Waals surface area contributed by atoms with Crippen LogP contribution in [-0.4, -0.2) is 10.2 Å². The fourth-order valence-corrected chi connectivity index (χ4v) is 1.61. The van der Waals surface area contributed by atoms with Crippen LogP contribution < -0.4 is 0 Å². The quantitative estimate of drug-likeness (QED) is 0.789. The van der Waals surface area contributed by atoms with Crippen LogP contribution in [0.15, 0.2) is 42.5 Å². The molecule has 86 valence electrons. The molecule has 17 heavy (non-hydrogen) atoms. The summed E-state index contributed by atoms with van der Waals surface area (Å²) in [4.78, 5) is 0. The maximum Gasteiger partial charge on any atom is 0.119 e. The topological polar surface area (TPSA) is 40.5 Å². The number of rotatable bonds is 2. The van der Waals surface area contributed by atoms with Crippen LogP contribution in [-0.2, 0) is 0 Å². The molecular formula is C14H11ClO2. The first-order valence-corrected chi connectivity index (χ1v) is 5.48. The first-order valence-electron chi connectivity index (χ1n) is 5.10. The van der Waals surface area contributed by atoms with Gasteiger partial charge in [-0.25, -0.2) is 0 Å². The molecule has 2 rings (SSSR count). The predicted molar refractivity (Wildman–Crippen MR) is 70.2 cm³/mol. The molecule has 0 saturated carbocycles. The Morgan fingerprint density at radius 1 is 0.765 bits per heavy atom. The van der Waals surface area contributed by atoms with Gasteiger partial charge in [0.15, 0.2) is 0 Å². The van der Waals surface area contributed by atoms with Crippen molar-refractivity contribution in [2.45, 2.75) is 0 Å². The van der Waals surface area contributed by atoms with E-state index in [4.69, 9.17) is 11.6 Å². The summed E-state index contributed by atoms with van der Waals surface area (Å²) < 4.78 is 0. The van der Waals surface area contributed by atoms with Gasteiger partial charge in [0.05, 0.1) is 0 Å². The van der Waals surface area contributed by atoms with Crippen LogP contribution >= 0.6 is 11.6 Å². The molecule has 0 atom stereocenters. The van der Waals surface area contributed by atoms with Gasteiger partial charge in [-0.05, 0) is 35.4 Å². The summed E-state index contributed by atoms with van der Waals surface area (Å²) in [5.74, 6) is 0.0847. The van der Waals surface area contributed by atoms with Crippen molar-refractivity contribution in [3.63, 3.8) is 0 Å². The normalized spacial score (nSPS) is 10.9. The highest BCUT2D eigenvalue weighted by Gasteiger charge is 1.95. The third-order valence-corrected chi connectivity index (χ3v) is 2.52. The van der Waals surface area contributed by atoms with Gasteiger partial charge in [0, 0.05) is 11.1 Å². The van der Waals surface area contributed by atoms with E-state index in [0.717, 1.165) is 11.1 Å². The van der Waals surface area contributed by atoms with E-state index in [-0.39, 0.29) is 11.5 Å². The van der Waals surface area contributed by atoms with E-state index in [1.165, 1.54) is 6.07 Å². The lowest BCUT2D eigenvalue weighted by Gasteiger charge is -1.98. The van der Waals surface area contributed by atoms with E-state index in [2.05, 4.69) is 0 Å². The maximum atomic E-state index is 9.32. The smallest absolute Gasteiger partial charge is 0.119 e. The van der Waals surface area contributed by atoms with E-state index >= 15 is 0 Å². The standard InChI is InChI=1S/C14H11ClO2/c15-12-5-3-10(4-6-12)1-2-11-7-13(16)9-14(17)8-11/h1-9,16-17H. The zero-order valence-electron chi connectivity index (χ0n) is 8.97. The zero-order chi connectivity index (χ0) is 12.3. The van der Waals surface area contributed by atoms with Crippen LogP contribution in [0.5, 0.6) is 11.5 Å². The van der Waals surface area contributed by atoms with Gasteiger partial charge >= 0.3 is 0 Å². The van der Waals surface area contributed by atoms with E-state index < -0.39 is 0 Å². The minimum absolute atomic E-state index is 0.0424. The molecule has 0 heterocycles. The molecule has 0 spiro atoms. The third kappa shape index (κ3) is 3.26. The molecule has 2 aromatic carbocycles. The van der Waals surface area contributed by atoms with Gasteiger partial charge in [0.2, 0.25) is 0 Å². The van der Waals surface area contributed by atoms with Gasteiger partial charge in [0.25, 0.3) is 0 Å². The van der Waals surface area contributed by atoms with E-state index in [0.29, 0.717) is 5.02 Å². The lowest BCUT2D eigenvalue weighted by molar-refractivity contribution is 0.450. The number of halogens is 1. The molecule has 2 aromatic rings. The van der Waals surface area contributed by atoms with Gasteiger partial charge in [-0.2, -0.15) is 0 Å². The molecule has 0 amide bonds.